The summed E-state index contributed by atoms with van der Waals surface area (Å²) in [7, 11) is 0. The Bertz CT molecular complexity index is 587. The van der Waals surface area contributed by atoms with Gasteiger partial charge in [0.05, 0.1) is 24.9 Å². The molecule has 1 amide bonds. The van der Waals surface area contributed by atoms with Crippen molar-refractivity contribution in [2.75, 3.05) is 32.0 Å². The molecule has 6 heteroatoms. The lowest BCUT2D eigenvalue weighted by molar-refractivity contribution is 0.0531. The van der Waals surface area contributed by atoms with Gasteiger partial charge in [-0.2, -0.15) is 9.78 Å². The number of carbonyl (C=O) groups is 1. The molecular weight excluding hydrogens is 232 g/mol. The minimum Gasteiger partial charge on any atom is -0.398 e. The Labute approximate surface area is 104 Å². The molecule has 94 valence electrons. The van der Waals surface area contributed by atoms with Gasteiger partial charge in [0.15, 0.2) is 0 Å². The van der Waals surface area contributed by atoms with Crippen LogP contribution in [0.15, 0.2) is 24.4 Å². The maximum absolute atomic E-state index is 12.3. The second-order valence-electron chi connectivity index (χ2n) is 4.22. The van der Waals surface area contributed by atoms with E-state index in [0.717, 1.165) is 10.9 Å². The highest BCUT2D eigenvalue weighted by Crippen LogP contribution is 2.20. The third-order valence-electron chi connectivity index (χ3n) is 3.11. The van der Waals surface area contributed by atoms with Gasteiger partial charge in [-0.25, -0.2) is 4.79 Å². The lowest BCUT2D eigenvalue weighted by Crippen LogP contribution is -2.43. The van der Waals surface area contributed by atoms with Crippen molar-refractivity contribution in [3.63, 3.8) is 0 Å². The fourth-order valence-electron chi connectivity index (χ4n) is 2.11. The van der Waals surface area contributed by atoms with Crippen LogP contribution in [0.2, 0.25) is 0 Å². The number of hydrogen-bond acceptors (Lipinski definition) is 4. The summed E-state index contributed by atoms with van der Waals surface area (Å²) in [4.78, 5) is 14.1. The van der Waals surface area contributed by atoms with Crippen LogP contribution in [-0.4, -0.2) is 47.0 Å². The summed E-state index contributed by atoms with van der Waals surface area (Å²) in [5, 5.41) is 4.94. The molecule has 0 atom stereocenters. The summed E-state index contributed by atoms with van der Waals surface area (Å²) in [5.74, 6) is 0. The molecular formula is C12H14N4O2. The number of hydrogen-bond donors (Lipinski definition) is 1. The quantitative estimate of drug-likeness (QED) is 0.701. The number of carbonyl (C=O) groups excluding carboxylic acids is 1. The minimum absolute atomic E-state index is 0.126. The Morgan fingerprint density at radius 1 is 1.33 bits per heavy atom. The van der Waals surface area contributed by atoms with Crippen molar-refractivity contribution < 1.29 is 9.53 Å². The molecule has 0 unspecified atom stereocenters. The molecule has 2 heterocycles. The lowest BCUT2D eigenvalue weighted by atomic mass is 10.2. The molecule has 1 saturated heterocycles. The average molecular weight is 246 g/mol. The number of aromatic nitrogens is 2. The summed E-state index contributed by atoms with van der Waals surface area (Å²) >= 11 is 0. The van der Waals surface area contributed by atoms with Crippen LogP contribution in [0.1, 0.15) is 0 Å². The van der Waals surface area contributed by atoms with Crippen LogP contribution in [-0.2, 0) is 4.74 Å². The van der Waals surface area contributed by atoms with Crippen molar-refractivity contribution in [1.29, 1.82) is 0 Å². The van der Waals surface area contributed by atoms with Crippen molar-refractivity contribution in [3.8, 4) is 0 Å². The molecule has 0 aliphatic carbocycles. The molecule has 2 aromatic rings. The number of morpholine rings is 1. The van der Waals surface area contributed by atoms with Crippen LogP contribution in [0, 0.1) is 0 Å². The highest BCUT2D eigenvalue weighted by Gasteiger charge is 2.20. The van der Waals surface area contributed by atoms with E-state index >= 15 is 0 Å². The van der Waals surface area contributed by atoms with Gasteiger partial charge in [-0.3, -0.25) is 0 Å². The number of anilines is 1. The van der Waals surface area contributed by atoms with E-state index in [1.165, 1.54) is 4.68 Å². The number of rotatable bonds is 0. The maximum Gasteiger partial charge on any atom is 0.345 e. The van der Waals surface area contributed by atoms with Gasteiger partial charge in [0.2, 0.25) is 0 Å². The summed E-state index contributed by atoms with van der Waals surface area (Å²) in [6, 6.07) is 5.34. The second kappa shape index (κ2) is 4.30. The molecule has 3 rings (SSSR count). The van der Waals surface area contributed by atoms with E-state index in [-0.39, 0.29) is 6.03 Å². The van der Waals surface area contributed by atoms with Crippen LogP contribution in [0.25, 0.3) is 10.9 Å². The molecule has 0 spiro atoms. The van der Waals surface area contributed by atoms with Gasteiger partial charge in [0, 0.05) is 24.2 Å². The predicted molar refractivity (Wildman–Crippen MR) is 67.3 cm³/mol. The van der Waals surface area contributed by atoms with Gasteiger partial charge in [0.25, 0.3) is 0 Å². The lowest BCUT2D eigenvalue weighted by Gasteiger charge is -2.26. The fourth-order valence-corrected chi connectivity index (χ4v) is 2.11. The van der Waals surface area contributed by atoms with E-state index in [4.69, 9.17) is 10.5 Å². The largest absolute Gasteiger partial charge is 0.398 e. The van der Waals surface area contributed by atoms with E-state index < -0.39 is 0 Å². The minimum atomic E-state index is -0.126. The Morgan fingerprint density at radius 2 is 2.11 bits per heavy atom. The first-order valence-electron chi connectivity index (χ1n) is 5.86. The highest BCUT2D eigenvalue weighted by atomic mass is 16.5. The number of amides is 1. The van der Waals surface area contributed by atoms with Gasteiger partial charge in [-0.15, -0.1) is 0 Å². The molecule has 0 bridgehead atoms. The van der Waals surface area contributed by atoms with E-state index in [1.807, 2.05) is 12.1 Å². The molecule has 0 radical (unpaired) electrons. The standard InChI is InChI=1S/C12H14N4O2/c13-10-2-1-3-11-9(10)8-14-16(11)12(17)15-4-6-18-7-5-15/h1-3,8H,4-7,13H2. The second-order valence-corrected chi connectivity index (χ2v) is 4.22. The fraction of sp³-hybridized carbons (Fsp3) is 0.333. The summed E-state index contributed by atoms with van der Waals surface area (Å²) in [6.07, 6.45) is 1.63. The Kier molecular flexibility index (Phi) is 2.64. The van der Waals surface area contributed by atoms with Gasteiger partial charge >= 0.3 is 6.03 Å². The topological polar surface area (TPSA) is 73.4 Å². The monoisotopic (exact) mass is 246 g/mol. The van der Waals surface area contributed by atoms with E-state index in [9.17, 15) is 4.79 Å². The van der Waals surface area contributed by atoms with Crippen LogP contribution in [0.3, 0.4) is 0 Å². The molecule has 0 saturated carbocycles. The smallest absolute Gasteiger partial charge is 0.345 e. The summed E-state index contributed by atoms with van der Waals surface area (Å²) in [6.45, 7) is 2.35. The van der Waals surface area contributed by atoms with Crippen LogP contribution < -0.4 is 5.73 Å². The number of nitrogen functional groups attached to an aromatic ring is 1. The van der Waals surface area contributed by atoms with Gasteiger partial charge in [-0.05, 0) is 12.1 Å². The third kappa shape index (κ3) is 1.70. The van der Waals surface area contributed by atoms with Crippen molar-refractivity contribution in [2.24, 2.45) is 0 Å². The van der Waals surface area contributed by atoms with Gasteiger partial charge < -0.3 is 15.4 Å². The average Bonchev–Trinajstić information content (AvgIpc) is 2.84. The van der Waals surface area contributed by atoms with Crippen molar-refractivity contribution in [1.82, 2.24) is 14.7 Å². The Hall–Kier alpha value is -2.08. The molecule has 18 heavy (non-hydrogen) atoms. The molecule has 1 aromatic carbocycles. The highest BCUT2D eigenvalue weighted by molar-refractivity contribution is 5.95. The Balaban J connectivity index is 1.98. The van der Waals surface area contributed by atoms with Gasteiger partial charge in [-0.1, -0.05) is 6.07 Å². The van der Waals surface area contributed by atoms with E-state index in [2.05, 4.69) is 5.10 Å². The van der Waals surface area contributed by atoms with Gasteiger partial charge in [0.1, 0.15) is 0 Å². The molecule has 1 aromatic heterocycles. The van der Waals surface area contributed by atoms with Crippen LogP contribution in [0.5, 0.6) is 0 Å². The number of benzene rings is 1. The first-order chi connectivity index (χ1) is 8.77. The van der Waals surface area contributed by atoms with Crippen molar-refractivity contribution >= 4 is 22.6 Å². The summed E-state index contributed by atoms with van der Waals surface area (Å²) in [5.41, 5.74) is 7.22. The first-order valence-corrected chi connectivity index (χ1v) is 5.86. The maximum atomic E-state index is 12.3. The van der Waals surface area contributed by atoms with Crippen LogP contribution >= 0.6 is 0 Å². The third-order valence-corrected chi connectivity index (χ3v) is 3.11. The SMILES string of the molecule is Nc1cccc2c1cnn2C(=O)N1CCOCC1. The molecule has 6 nitrogen and oxygen atoms in total. The van der Waals surface area contributed by atoms with Crippen molar-refractivity contribution in [3.05, 3.63) is 24.4 Å². The normalized spacial score (nSPS) is 16.1. The first kappa shape index (κ1) is 11.0. The number of nitrogens with zero attached hydrogens (tertiary/aromatic N) is 3. The number of ether oxygens (including phenoxy) is 1. The number of nitrogens with two attached hydrogens (primary N) is 1. The predicted octanol–water partition coefficient (Wildman–Crippen LogP) is 0.919. The zero-order chi connectivity index (χ0) is 12.5. The molecule has 1 aliphatic rings. The summed E-state index contributed by atoms with van der Waals surface area (Å²) < 4.78 is 6.63. The van der Waals surface area contributed by atoms with E-state index in [0.29, 0.717) is 32.0 Å². The molecule has 1 fully saturated rings. The molecule has 1 aliphatic heterocycles. The van der Waals surface area contributed by atoms with Crippen LogP contribution in [0.4, 0.5) is 10.5 Å². The molecule has 2 N–H and O–H groups in total. The zero-order valence-electron chi connectivity index (χ0n) is 9.87. The van der Waals surface area contributed by atoms with E-state index in [1.54, 1.807) is 17.2 Å². The Morgan fingerprint density at radius 3 is 2.89 bits per heavy atom. The van der Waals surface area contributed by atoms with Crippen molar-refractivity contribution in [2.45, 2.75) is 0 Å². The number of fused-ring (bicyclic) bond motifs is 1. The zero-order valence-corrected chi connectivity index (χ0v) is 9.87.